The second-order valence-corrected chi connectivity index (χ2v) is 39.7. The van der Waals surface area contributed by atoms with Gasteiger partial charge < -0.3 is 10.5 Å². The smallest absolute Gasteiger partial charge is 0.150 e. The minimum atomic E-state index is 0.533. The Bertz CT molecular complexity index is 4820. The fourth-order valence-electron chi connectivity index (χ4n) is 14.3. The third kappa shape index (κ3) is 45.8. The van der Waals surface area contributed by atoms with Crippen molar-refractivity contribution in [2.45, 2.75) is 273 Å². The topological polar surface area (TPSA) is 48.1 Å². The zero-order chi connectivity index (χ0) is 93.3. The Morgan fingerprint density at radius 1 is 0.315 bits per heavy atom. The van der Waals surface area contributed by atoms with E-state index < -0.39 is 0 Å². The molecule has 0 radical (unpaired) electrons. The van der Waals surface area contributed by atoms with Crippen molar-refractivity contribution in [3.8, 4) is 33.9 Å². The lowest BCUT2D eigenvalue weighted by atomic mass is 9.83. The van der Waals surface area contributed by atoms with Crippen molar-refractivity contribution in [3.05, 3.63) is 401 Å². The Morgan fingerprint density at radius 3 is 1.02 bits per heavy atom. The van der Waals surface area contributed by atoms with Gasteiger partial charge in [0.25, 0.3) is 0 Å². The standard InChI is InChI=1S/C16H18.C15H17NO.C15H22.C13H15NS.3C11H16.C10H13Cl.C10H14.C9H11Cl/c1-12(2)14-7-9-15(10-8-14)16-6-4-5-13(3)11-16;1-11(2)12-7-9-13(10-8-12)17-15-6-4-3-5-14(15)16;1-12(2)13-8-10-15(11-9-13)14-6-4-3-5-7-14;1-10(2)7-11-3-5-12(6-4-11)13-8-15-9-14-13;2*1-9(2)8-11-6-4-10(3)5-7-11;1-9(2)7-11-6-4-5-10(3)8-11;1-8(2)7-9-3-5-10(11)6-4-9;1-8(2)10-6-4-9(3)5-7-10;1-7(2)8-3-5-9(10)6-4-8/h4-12H,1-3H3;3-11H,16H2,1-2H3;8-12,14H,3-7H2,1-2H3;3-6,8-10H,7H2,1-2H3;2*4-7,9H,8H2,1-3H3;4-6,8-9H,7H2,1-3H3;3-6,8H,7H2,1-2H3;4-8H,1-3H3;3-7H,1-2H3. The summed E-state index contributed by atoms with van der Waals surface area (Å²) in [4.78, 5) is 4.30. The van der Waals surface area contributed by atoms with E-state index in [0.29, 0.717) is 41.0 Å². The maximum Gasteiger partial charge on any atom is 0.150 e. The molecule has 678 valence electrons. The molecule has 3 nitrogen and oxygen atoms in total. The number of rotatable bonds is 20. The maximum atomic E-state index is 5.82. The summed E-state index contributed by atoms with van der Waals surface area (Å²) >= 11 is 13.1. The normalized spacial score (nSPS) is 11.5. The molecule has 0 atom stereocenters. The quantitative estimate of drug-likeness (QED) is 0.0774. The molecule has 1 aliphatic rings. The molecule has 1 heterocycles. The average molecular weight is 1760 g/mol. The van der Waals surface area contributed by atoms with E-state index in [0.717, 1.165) is 69.8 Å². The van der Waals surface area contributed by atoms with Crippen LogP contribution in [0.25, 0.3) is 22.4 Å². The number of aryl methyl sites for hydroxylation is 5. The maximum absolute atomic E-state index is 5.82. The van der Waals surface area contributed by atoms with Crippen LogP contribution in [0.5, 0.6) is 11.5 Å². The summed E-state index contributed by atoms with van der Waals surface area (Å²) in [6, 6.07) is 102. The zero-order valence-corrected chi connectivity index (χ0v) is 84.7. The lowest BCUT2D eigenvalue weighted by Crippen LogP contribution is -2.04. The fraction of sp³-hybridized carbons (Fsp3) is 0.380. The molecule has 1 saturated carbocycles. The number of thiazole rings is 1. The molecule has 0 saturated heterocycles. The Kier molecular flexibility index (Phi) is 50.6. The number of halogens is 2. The Labute approximate surface area is 787 Å². The highest BCUT2D eigenvalue weighted by Crippen LogP contribution is 2.34. The summed E-state index contributed by atoms with van der Waals surface area (Å²) in [5.74, 6) is 9.12. The van der Waals surface area contributed by atoms with Crippen LogP contribution in [0.4, 0.5) is 5.69 Å². The molecule has 0 spiro atoms. The summed E-state index contributed by atoms with van der Waals surface area (Å²) in [5.41, 5.74) is 35.6. The van der Waals surface area contributed by atoms with Gasteiger partial charge in [0.15, 0.2) is 0 Å². The van der Waals surface area contributed by atoms with E-state index in [9.17, 15) is 0 Å². The first kappa shape index (κ1) is 108. The second-order valence-electron chi connectivity index (χ2n) is 38.1. The molecule has 13 aromatic rings. The molecule has 0 bridgehead atoms. The summed E-state index contributed by atoms with van der Waals surface area (Å²) in [6.07, 6.45) is 13.0. The Balaban J connectivity index is 0.000000252. The average Bonchev–Trinajstić information content (AvgIpc) is 1.82. The van der Waals surface area contributed by atoms with Crippen LogP contribution in [0.15, 0.2) is 302 Å². The molecule has 0 amide bonds. The van der Waals surface area contributed by atoms with E-state index in [1.54, 1.807) is 16.9 Å². The lowest BCUT2D eigenvalue weighted by Gasteiger charge is -2.22. The van der Waals surface area contributed by atoms with Crippen molar-refractivity contribution in [1.82, 2.24) is 4.98 Å². The van der Waals surface area contributed by atoms with Crippen LogP contribution in [0.2, 0.25) is 10.0 Å². The first-order chi connectivity index (χ1) is 60.5. The first-order valence-corrected chi connectivity index (χ1v) is 48.8. The monoisotopic (exact) mass is 1760 g/mol. The van der Waals surface area contributed by atoms with Gasteiger partial charge in [0.05, 0.1) is 16.9 Å². The van der Waals surface area contributed by atoms with Gasteiger partial charge in [0.2, 0.25) is 0 Å². The van der Waals surface area contributed by atoms with Gasteiger partial charge in [-0.05, 0) is 266 Å². The van der Waals surface area contributed by atoms with E-state index in [4.69, 9.17) is 33.7 Å². The number of ether oxygens (including phenoxy) is 1. The molecular formula is C121H158Cl2N2OS. The van der Waals surface area contributed by atoms with E-state index in [2.05, 4.69) is 414 Å². The summed E-state index contributed by atoms with van der Waals surface area (Å²) in [7, 11) is 0. The van der Waals surface area contributed by atoms with Gasteiger partial charge in [-0.15, -0.1) is 11.3 Å². The van der Waals surface area contributed by atoms with Gasteiger partial charge in [-0.3, -0.25) is 0 Å². The number of para-hydroxylation sites is 2. The molecule has 0 aliphatic heterocycles. The number of nitrogens with two attached hydrogens (primary N) is 1. The Hall–Kier alpha value is -9.55. The fourth-order valence-corrected chi connectivity index (χ4v) is 15.1. The van der Waals surface area contributed by atoms with Gasteiger partial charge in [-0.25, -0.2) is 4.98 Å². The highest BCUT2D eigenvalue weighted by atomic mass is 35.5. The molecule has 14 rings (SSSR count). The molecule has 127 heavy (non-hydrogen) atoms. The van der Waals surface area contributed by atoms with Crippen molar-refractivity contribution in [2.75, 3.05) is 5.73 Å². The number of anilines is 1. The number of hydrogen-bond donors (Lipinski definition) is 1. The zero-order valence-electron chi connectivity index (χ0n) is 82.4. The van der Waals surface area contributed by atoms with E-state index in [-0.39, 0.29) is 0 Å². The highest BCUT2D eigenvalue weighted by Gasteiger charge is 2.16. The molecule has 2 N–H and O–H groups in total. The van der Waals surface area contributed by atoms with Crippen LogP contribution in [0.1, 0.15) is 295 Å². The van der Waals surface area contributed by atoms with Gasteiger partial charge >= 0.3 is 0 Å². The number of hydrogen-bond acceptors (Lipinski definition) is 4. The van der Waals surface area contributed by atoms with Crippen LogP contribution in [-0.4, -0.2) is 4.98 Å². The third-order valence-electron chi connectivity index (χ3n) is 21.7. The van der Waals surface area contributed by atoms with Gasteiger partial charge in [0.1, 0.15) is 11.5 Å². The molecule has 6 heteroatoms. The van der Waals surface area contributed by atoms with Crippen molar-refractivity contribution in [1.29, 1.82) is 0 Å². The van der Waals surface area contributed by atoms with E-state index in [1.807, 2.05) is 66.2 Å². The van der Waals surface area contributed by atoms with Crippen LogP contribution in [0, 0.1) is 64.2 Å². The van der Waals surface area contributed by atoms with E-state index in [1.165, 1.54) is 152 Å². The second kappa shape index (κ2) is 59.5. The lowest BCUT2D eigenvalue weighted by molar-refractivity contribution is 0.443. The van der Waals surface area contributed by atoms with Crippen LogP contribution < -0.4 is 10.5 Å². The summed E-state index contributed by atoms with van der Waals surface area (Å²) < 4.78 is 5.72. The highest BCUT2D eigenvalue weighted by molar-refractivity contribution is 7.07. The number of aromatic nitrogens is 1. The van der Waals surface area contributed by atoms with Crippen molar-refractivity contribution in [2.24, 2.45) is 29.6 Å². The Morgan fingerprint density at radius 2 is 0.646 bits per heavy atom. The predicted molar refractivity (Wildman–Crippen MR) is 565 cm³/mol. The first-order valence-electron chi connectivity index (χ1n) is 47.1. The molecular weight excluding hydrogens is 1600 g/mol. The van der Waals surface area contributed by atoms with Crippen molar-refractivity contribution < 1.29 is 4.74 Å². The van der Waals surface area contributed by atoms with Crippen LogP contribution in [0.3, 0.4) is 0 Å². The van der Waals surface area contributed by atoms with Crippen molar-refractivity contribution in [3.63, 3.8) is 0 Å². The molecule has 1 fully saturated rings. The van der Waals surface area contributed by atoms with Crippen LogP contribution in [-0.2, 0) is 32.1 Å². The minimum absolute atomic E-state index is 0.533. The minimum Gasteiger partial charge on any atom is -0.455 e. The van der Waals surface area contributed by atoms with Crippen LogP contribution >= 0.6 is 34.5 Å². The number of nitrogen functional groups attached to an aromatic ring is 1. The van der Waals surface area contributed by atoms with Gasteiger partial charge in [0, 0.05) is 21.0 Å². The summed E-state index contributed by atoms with van der Waals surface area (Å²) in [6.45, 7) is 55.1. The van der Waals surface area contributed by atoms with Gasteiger partial charge in [-0.2, -0.15) is 0 Å². The summed E-state index contributed by atoms with van der Waals surface area (Å²) in [5, 5.41) is 3.71. The number of nitrogens with zero attached hydrogens (tertiary/aromatic N) is 1. The third-order valence-corrected chi connectivity index (χ3v) is 22.8. The SMILES string of the molecule is CC(C)Cc1ccc(-c2cscn2)cc1.CC(C)Cc1ccc(Cl)cc1.CC(C)c1ccc(C2CCCCC2)cc1.CC(C)c1ccc(Cl)cc1.CC(C)c1ccc(Oc2ccccc2N)cc1.Cc1ccc(C(C)C)cc1.Cc1ccc(CC(C)C)cc1.Cc1ccc(CC(C)C)cc1.Cc1cccc(-c2ccc(C(C)C)cc2)c1.Cc1cccc(CC(C)C)c1. The predicted octanol–water partition coefficient (Wildman–Crippen LogP) is 37.5. The molecule has 1 aliphatic carbocycles. The molecule has 12 aromatic carbocycles. The molecule has 1 aromatic heterocycles. The van der Waals surface area contributed by atoms with Crippen molar-refractivity contribution >= 4 is 40.2 Å². The van der Waals surface area contributed by atoms with E-state index >= 15 is 0 Å². The molecule has 0 unspecified atom stereocenters. The number of benzene rings is 12. The largest absolute Gasteiger partial charge is 0.455 e. The van der Waals surface area contributed by atoms with Gasteiger partial charge in [-0.1, -0.05) is 451 Å².